The number of alkyl carbamates (subject to hydrolysis) is 1. The molecule has 120 valence electrons. The van der Waals surface area contributed by atoms with Crippen LogP contribution in [0, 0.1) is 0 Å². The van der Waals surface area contributed by atoms with Crippen LogP contribution in [0.15, 0.2) is 37.1 Å². The van der Waals surface area contributed by atoms with Crippen LogP contribution in [0.1, 0.15) is 38.8 Å². The standard InChI is InChI=1S/C16H21NO5/c1-5-21-14(19)10-13(11-7-6-8-12(18)9-11)17-15(20)22-16(2,3)4/h5-9,13,18H,1,10H2,2-4H3,(H,17,20). The highest BCUT2D eigenvalue weighted by atomic mass is 16.6. The highest BCUT2D eigenvalue weighted by Gasteiger charge is 2.23. The van der Waals surface area contributed by atoms with Gasteiger partial charge in [0.2, 0.25) is 0 Å². The smallest absolute Gasteiger partial charge is 0.408 e. The molecule has 0 radical (unpaired) electrons. The summed E-state index contributed by atoms with van der Waals surface area (Å²) in [7, 11) is 0. The lowest BCUT2D eigenvalue weighted by Crippen LogP contribution is -2.35. The Kier molecular flexibility index (Phi) is 5.98. The number of carbonyl (C=O) groups is 2. The van der Waals surface area contributed by atoms with E-state index in [2.05, 4.69) is 16.6 Å². The average molecular weight is 307 g/mol. The number of esters is 1. The van der Waals surface area contributed by atoms with E-state index in [0.717, 1.165) is 6.26 Å². The van der Waals surface area contributed by atoms with Crippen molar-refractivity contribution in [3.8, 4) is 5.75 Å². The maximum atomic E-state index is 11.9. The summed E-state index contributed by atoms with van der Waals surface area (Å²) in [6, 6.07) is 5.57. The van der Waals surface area contributed by atoms with E-state index in [4.69, 9.17) is 4.74 Å². The molecule has 0 aliphatic heterocycles. The van der Waals surface area contributed by atoms with Gasteiger partial charge in [-0.05, 0) is 38.5 Å². The highest BCUT2D eigenvalue weighted by Crippen LogP contribution is 2.22. The van der Waals surface area contributed by atoms with Crippen molar-refractivity contribution >= 4 is 12.1 Å². The Morgan fingerprint density at radius 1 is 1.41 bits per heavy atom. The Morgan fingerprint density at radius 2 is 2.09 bits per heavy atom. The van der Waals surface area contributed by atoms with Gasteiger partial charge in [-0.2, -0.15) is 0 Å². The molecule has 1 unspecified atom stereocenters. The van der Waals surface area contributed by atoms with Crippen molar-refractivity contribution in [1.82, 2.24) is 5.32 Å². The summed E-state index contributed by atoms with van der Waals surface area (Å²) in [6.45, 7) is 8.52. The molecule has 1 atom stereocenters. The van der Waals surface area contributed by atoms with E-state index < -0.39 is 23.7 Å². The average Bonchev–Trinajstić information content (AvgIpc) is 2.36. The molecule has 0 spiro atoms. The Morgan fingerprint density at radius 3 is 2.64 bits per heavy atom. The molecule has 1 rings (SSSR count). The first-order valence-electron chi connectivity index (χ1n) is 6.80. The summed E-state index contributed by atoms with van der Waals surface area (Å²) >= 11 is 0. The maximum absolute atomic E-state index is 11.9. The predicted octanol–water partition coefficient (Wildman–Crippen LogP) is 3.03. The first-order chi connectivity index (χ1) is 10.2. The molecule has 0 fully saturated rings. The fourth-order valence-corrected chi connectivity index (χ4v) is 1.75. The van der Waals surface area contributed by atoms with Gasteiger partial charge in [-0.15, -0.1) is 0 Å². The zero-order valence-electron chi connectivity index (χ0n) is 13.0. The summed E-state index contributed by atoms with van der Waals surface area (Å²) in [6.07, 6.45) is 0.247. The van der Waals surface area contributed by atoms with Crippen molar-refractivity contribution in [3.05, 3.63) is 42.7 Å². The summed E-state index contributed by atoms with van der Waals surface area (Å²) < 4.78 is 9.85. The van der Waals surface area contributed by atoms with Gasteiger partial charge in [0.1, 0.15) is 11.4 Å². The van der Waals surface area contributed by atoms with Gasteiger partial charge in [0, 0.05) is 0 Å². The van der Waals surface area contributed by atoms with Gasteiger partial charge >= 0.3 is 12.1 Å². The molecule has 22 heavy (non-hydrogen) atoms. The summed E-state index contributed by atoms with van der Waals surface area (Å²) in [4.78, 5) is 23.5. The van der Waals surface area contributed by atoms with E-state index in [0.29, 0.717) is 5.56 Å². The minimum absolute atomic E-state index is 0.0329. The van der Waals surface area contributed by atoms with E-state index in [9.17, 15) is 14.7 Å². The van der Waals surface area contributed by atoms with E-state index in [1.54, 1.807) is 32.9 Å². The first-order valence-corrected chi connectivity index (χ1v) is 6.80. The molecule has 6 nitrogen and oxygen atoms in total. The second-order valence-electron chi connectivity index (χ2n) is 5.65. The Bertz CT molecular complexity index is 548. The van der Waals surface area contributed by atoms with Crippen LogP contribution in [0.2, 0.25) is 0 Å². The third kappa shape index (κ3) is 6.30. The van der Waals surface area contributed by atoms with E-state index in [-0.39, 0.29) is 12.2 Å². The molecule has 2 N–H and O–H groups in total. The number of ether oxygens (including phenoxy) is 2. The molecule has 0 heterocycles. The number of hydrogen-bond donors (Lipinski definition) is 2. The Balaban J connectivity index is 2.89. The molecule has 0 bridgehead atoms. The zero-order chi connectivity index (χ0) is 16.8. The van der Waals surface area contributed by atoms with E-state index in [1.165, 1.54) is 12.1 Å². The van der Waals surface area contributed by atoms with Gasteiger partial charge < -0.3 is 19.9 Å². The molecular weight excluding hydrogens is 286 g/mol. The molecule has 0 aromatic heterocycles. The van der Waals surface area contributed by atoms with Crippen molar-refractivity contribution in [2.75, 3.05) is 0 Å². The number of phenolic OH excluding ortho intramolecular Hbond substituents is 1. The second-order valence-corrected chi connectivity index (χ2v) is 5.65. The highest BCUT2D eigenvalue weighted by molar-refractivity contribution is 5.73. The van der Waals surface area contributed by atoms with Crippen LogP contribution in [0.3, 0.4) is 0 Å². The second kappa shape index (κ2) is 7.49. The molecular formula is C16H21NO5. The molecule has 6 heteroatoms. The van der Waals surface area contributed by atoms with Crippen LogP contribution in [0.25, 0.3) is 0 Å². The lowest BCUT2D eigenvalue weighted by Gasteiger charge is -2.23. The number of rotatable bonds is 5. The SMILES string of the molecule is C=COC(=O)CC(NC(=O)OC(C)(C)C)c1cccc(O)c1. The van der Waals surface area contributed by atoms with Gasteiger partial charge in [-0.1, -0.05) is 18.7 Å². The Hall–Kier alpha value is -2.50. The Labute approximate surface area is 129 Å². The minimum atomic E-state index is -0.686. The third-order valence-electron chi connectivity index (χ3n) is 2.55. The zero-order valence-corrected chi connectivity index (χ0v) is 13.0. The normalized spacial score (nSPS) is 12.1. The third-order valence-corrected chi connectivity index (χ3v) is 2.55. The largest absolute Gasteiger partial charge is 0.508 e. The van der Waals surface area contributed by atoms with Crippen LogP contribution < -0.4 is 5.32 Å². The van der Waals surface area contributed by atoms with Crippen LogP contribution in [0.4, 0.5) is 4.79 Å². The van der Waals surface area contributed by atoms with Gasteiger partial charge in [0.05, 0.1) is 18.7 Å². The fraction of sp³-hybridized carbons (Fsp3) is 0.375. The summed E-state index contributed by atoms with van der Waals surface area (Å²) in [5, 5.41) is 12.1. The number of aromatic hydroxyl groups is 1. The van der Waals surface area contributed by atoms with Crippen LogP contribution in [0.5, 0.6) is 5.75 Å². The summed E-state index contributed by atoms with van der Waals surface area (Å²) in [5.41, 5.74) is -0.0957. The van der Waals surface area contributed by atoms with Crippen molar-refractivity contribution in [3.63, 3.8) is 0 Å². The molecule has 1 amide bonds. The van der Waals surface area contributed by atoms with E-state index in [1.807, 2.05) is 0 Å². The molecule has 0 saturated heterocycles. The predicted molar refractivity (Wildman–Crippen MR) is 81.1 cm³/mol. The van der Waals surface area contributed by atoms with Crippen molar-refractivity contribution < 1.29 is 24.2 Å². The lowest BCUT2D eigenvalue weighted by molar-refractivity contribution is -0.138. The molecule has 0 aliphatic rings. The number of hydrogen-bond acceptors (Lipinski definition) is 5. The maximum Gasteiger partial charge on any atom is 0.408 e. The van der Waals surface area contributed by atoms with Crippen LogP contribution in [-0.2, 0) is 14.3 Å². The van der Waals surface area contributed by atoms with Gasteiger partial charge in [0.25, 0.3) is 0 Å². The van der Waals surface area contributed by atoms with Gasteiger partial charge in [-0.25, -0.2) is 4.79 Å². The number of benzene rings is 1. The van der Waals surface area contributed by atoms with Crippen molar-refractivity contribution in [1.29, 1.82) is 0 Å². The quantitative estimate of drug-likeness (QED) is 0.645. The number of amides is 1. The topological polar surface area (TPSA) is 84.9 Å². The van der Waals surface area contributed by atoms with Gasteiger partial charge in [-0.3, -0.25) is 4.79 Å². The van der Waals surface area contributed by atoms with Crippen LogP contribution >= 0.6 is 0 Å². The lowest BCUT2D eigenvalue weighted by atomic mass is 10.0. The first kappa shape index (κ1) is 17.6. The fourth-order valence-electron chi connectivity index (χ4n) is 1.75. The van der Waals surface area contributed by atoms with Crippen molar-refractivity contribution in [2.24, 2.45) is 0 Å². The van der Waals surface area contributed by atoms with Crippen LogP contribution in [-0.4, -0.2) is 22.8 Å². The molecule has 0 saturated carbocycles. The number of carbonyl (C=O) groups excluding carboxylic acids is 2. The summed E-state index contributed by atoms with van der Waals surface area (Å²) in [5.74, 6) is -0.523. The molecule has 0 aliphatic carbocycles. The van der Waals surface area contributed by atoms with Crippen molar-refractivity contribution in [2.45, 2.75) is 38.8 Å². The van der Waals surface area contributed by atoms with E-state index >= 15 is 0 Å². The monoisotopic (exact) mass is 307 g/mol. The number of phenols is 1. The minimum Gasteiger partial charge on any atom is -0.508 e. The number of nitrogens with one attached hydrogen (secondary N) is 1. The molecule has 1 aromatic carbocycles. The molecule has 1 aromatic rings. The van der Waals surface area contributed by atoms with Gasteiger partial charge in [0.15, 0.2) is 0 Å².